The summed E-state index contributed by atoms with van der Waals surface area (Å²) in [7, 11) is -7.02. The third kappa shape index (κ3) is 7.71. The summed E-state index contributed by atoms with van der Waals surface area (Å²) >= 11 is 6.03. The molecule has 0 saturated carbocycles. The Labute approximate surface area is 195 Å². The second-order valence-electron chi connectivity index (χ2n) is 7.02. The number of benzene rings is 1. The first-order valence-corrected chi connectivity index (χ1v) is 13.6. The molecule has 3 N–H and O–H groups in total. The molecule has 2 aromatic heterocycles. The number of halogens is 1. The van der Waals surface area contributed by atoms with Crippen LogP contribution >= 0.6 is 19.2 Å². The number of ether oxygens (including phenoxy) is 1. The van der Waals surface area contributed by atoms with Crippen LogP contribution in [0.2, 0.25) is 5.02 Å². The molecule has 33 heavy (non-hydrogen) atoms. The Hall–Kier alpha value is -2.12. The molecular weight excluding hydrogens is 497 g/mol. The van der Waals surface area contributed by atoms with Crippen molar-refractivity contribution in [1.29, 1.82) is 0 Å². The molecule has 15 heteroatoms. The van der Waals surface area contributed by atoms with Crippen LogP contribution in [0.25, 0.3) is 11.2 Å². The van der Waals surface area contributed by atoms with Crippen LogP contribution in [0.4, 0.5) is 5.82 Å². The van der Waals surface area contributed by atoms with Crippen LogP contribution in [-0.4, -0.2) is 58.3 Å². The van der Waals surface area contributed by atoms with Gasteiger partial charge in [-0.1, -0.05) is 23.7 Å². The van der Waals surface area contributed by atoms with E-state index in [1.54, 1.807) is 23.0 Å². The Morgan fingerprint density at radius 1 is 1.36 bits per heavy atom. The molecule has 1 saturated heterocycles. The third-order valence-electron chi connectivity index (χ3n) is 4.33. The zero-order valence-corrected chi connectivity index (χ0v) is 20.0. The summed E-state index contributed by atoms with van der Waals surface area (Å²) < 4.78 is 57.2. The van der Waals surface area contributed by atoms with E-state index in [2.05, 4.69) is 15.0 Å². The Balaban J connectivity index is 0.000000555. The van der Waals surface area contributed by atoms with Gasteiger partial charge in [0.15, 0.2) is 11.5 Å². The van der Waals surface area contributed by atoms with E-state index in [4.69, 9.17) is 35.7 Å². The van der Waals surface area contributed by atoms with Crippen LogP contribution in [0.1, 0.15) is 18.1 Å². The topological polar surface area (TPSA) is 169 Å². The zero-order chi connectivity index (χ0) is 24.1. The van der Waals surface area contributed by atoms with Gasteiger partial charge in [0.05, 0.1) is 31.9 Å². The van der Waals surface area contributed by atoms with Gasteiger partial charge in [0.1, 0.15) is 18.2 Å². The van der Waals surface area contributed by atoms with Crippen LogP contribution < -0.4 is 5.73 Å². The molecule has 3 heterocycles. The monoisotopic (exact) mass is 519 g/mol. The molecule has 180 valence electrons. The number of nitrogens with zero attached hydrogens (tertiary/aromatic N) is 4. The number of aromatic nitrogens is 4. The van der Waals surface area contributed by atoms with Crippen LogP contribution in [0.15, 0.2) is 36.9 Å². The lowest BCUT2D eigenvalue weighted by atomic mass is 10.1. The number of rotatable bonds is 6. The first kappa shape index (κ1) is 25.5. The summed E-state index contributed by atoms with van der Waals surface area (Å²) in [5.41, 5.74) is 7.81. The van der Waals surface area contributed by atoms with E-state index < -0.39 is 17.7 Å². The molecule has 0 radical (unpaired) electrons. The molecular formula is C18H23ClN5O7PS. The second-order valence-corrected chi connectivity index (χ2v) is 10.9. The number of nitrogen functional groups attached to an aromatic ring is 1. The van der Waals surface area contributed by atoms with Gasteiger partial charge in [-0.3, -0.25) is 13.6 Å². The van der Waals surface area contributed by atoms with Gasteiger partial charge in [0.25, 0.3) is 10.1 Å². The Morgan fingerprint density at radius 3 is 2.85 bits per heavy atom. The van der Waals surface area contributed by atoms with E-state index in [-0.39, 0.29) is 19.1 Å². The van der Waals surface area contributed by atoms with Crippen molar-refractivity contribution in [2.45, 2.75) is 19.1 Å². The van der Waals surface area contributed by atoms with Crippen molar-refractivity contribution in [3.8, 4) is 0 Å². The molecule has 1 fully saturated rings. The smallest absolute Gasteiger partial charge is 0.356 e. The largest absolute Gasteiger partial charge is 0.382 e. The van der Waals surface area contributed by atoms with Crippen LogP contribution in [0.5, 0.6) is 0 Å². The SMILES string of the molecule is CS(=O)(=O)O.Nc1ncnc2c1ncn2CCOCP1(=O)OCC[C@@H](c2cccc(Cl)c2)O1. The van der Waals surface area contributed by atoms with Crippen molar-refractivity contribution in [1.82, 2.24) is 19.5 Å². The molecule has 0 aliphatic carbocycles. The van der Waals surface area contributed by atoms with E-state index in [1.807, 2.05) is 12.1 Å². The quantitative estimate of drug-likeness (QED) is 0.279. The average molecular weight is 520 g/mol. The van der Waals surface area contributed by atoms with Gasteiger partial charge in [-0.25, -0.2) is 15.0 Å². The average Bonchev–Trinajstić information content (AvgIpc) is 3.15. The molecule has 0 spiro atoms. The lowest BCUT2D eigenvalue weighted by molar-refractivity contribution is 0.0563. The minimum atomic E-state index is -3.67. The highest BCUT2D eigenvalue weighted by Gasteiger charge is 2.34. The maximum atomic E-state index is 12.9. The minimum Gasteiger partial charge on any atom is -0.382 e. The molecule has 1 aromatic carbocycles. The van der Waals surface area contributed by atoms with Gasteiger partial charge >= 0.3 is 7.60 Å². The molecule has 1 unspecified atom stereocenters. The van der Waals surface area contributed by atoms with E-state index in [0.717, 1.165) is 5.56 Å². The lowest BCUT2D eigenvalue weighted by Gasteiger charge is -2.30. The standard InChI is InChI=1S/C17H19ClN5O4P.CH4O3S/c18-13-3-1-2-12(8-13)14-4-6-26-28(24,27-14)11-25-7-5-23-10-22-15-16(19)20-9-21-17(15)23;1-5(2,3)4/h1-3,8-10,14H,4-7,11H2,(H2,19,20,21);1H3,(H,2,3,4)/t14-,28?;/m0./s1. The van der Waals surface area contributed by atoms with Gasteiger partial charge in [0, 0.05) is 18.0 Å². The normalized spacial score (nSPS) is 20.9. The van der Waals surface area contributed by atoms with Crippen molar-refractivity contribution in [3.05, 3.63) is 47.5 Å². The van der Waals surface area contributed by atoms with Crippen LogP contribution in [0.3, 0.4) is 0 Å². The van der Waals surface area contributed by atoms with E-state index in [9.17, 15) is 13.0 Å². The fourth-order valence-corrected chi connectivity index (χ4v) is 4.73. The highest BCUT2D eigenvalue weighted by molar-refractivity contribution is 7.85. The maximum Gasteiger partial charge on any atom is 0.356 e. The number of nitrogens with two attached hydrogens (primary N) is 1. The molecule has 1 aliphatic heterocycles. The zero-order valence-electron chi connectivity index (χ0n) is 17.6. The van der Waals surface area contributed by atoms with Crippen molar-refractivity contribution in [2.24, 2.45) is 0 Å². The van der Waals surface area contributed by atoms with Crippen molar-refractivity contribution < 1.29 is 31.3 Å². The van der Waals surface area contributed by atoms with E-state index >= 15 is 0 Å². The van der Waals surface area contributed by atoms with Gasteiger partial charge < -0.3 is 19.6 Å². The predicted molar refractivity (Wildman–Crippen MR) is 121 cm³/mol. The fourth-order valence-electron chi connectivity index (χ4n) is 2.98. The lowest BCUT2D eigenvalue weighted by Crippen LogP contribution is -2.17. The number of hydrogen-bond acceptors (Lipinski definition) is 10. The summed E-state index contributed by atoms with van der Waals surface area (Å²) in [4.78, 5) is 12.3. The number of fused-ring (bicyclic) bond motifs is 1. The number of hydrogen-bond donors (Lipinski definition) is 2. The minimum absolute atomic E-state index is 0.131. The van der Waals surface area contributed by atoms with Crippen molar-refractivity contribution >= 4 is 46.3 Å². The van der Waals surface area contributed by atoms with Gasteiger partial charge in [-0.15, -0.1) is 0 Å². The highest BCUT2D eigenvalue weighted by atomic mass is 35.5. The number of anilines is 1. The molecule has 1 aliphatic rings. The molecule has 0 amide bonds. The molecule has 4 rings (SSSR count). The second kappa shape index (κ2) is 10.9. The highest BCUT2D eigenvalue weighted by Crippen LogP contribution is 2.56. The van der Waals surface area contributed by atoms with Crippen LogP contribution in [-0.2, 0) is 35.0 Å². The van der Waals surface area contributed by atoms with E-state index in [1.165, 1.54) is 6.33 Å². The van der Waals surface area contributed by atoms with Gasteiger partial charge in [-0.2, -0.15) is 8.42 Å². The summed E-state index contributed by atoms with van der Waals surface area (Å²) in [6.07, 6.45) is 3.85. The molecule has 3 aromatic rings. The first-order valence-electron chi connectivity index (χ1n) is 9.63. The summed E-state index contributed by atoms with van der Waals surface area (Å²) in [6.45, 7) is 1.08. The molecule has 0 bridgehead atoms. The predicted octanol–water partition coefficient (Wildman–Crippen LogP) is 2.91. The maximum absolute atomic E-state index is 12.9. The van der Waals surface area contributed by atoms with Gasteiger partial charge in [0.2, 0.25) is 0 Å². The van der Waals surface area contributed by atoms with Crippen molar-refractivity contribution in [2.75, 3.05) is 31.6 Å². The Bertz CT molecular complexity index is 1250. The van der Waals surface area contributed by atoms with Crippen molar-refractivity contribution in [3.63, 3.8) is 0 Å². The van der Waals surface area contributed by atoms with E-state index in [0.29, 0.717) is 47.8 Å². The Kier molecular flexibility index (Phi) is 8.40. The summed E-state index contributed by atoms with van der Waals surface area (Å²) in [5, 5.41) is 0.607. The number of imidazole rings is 1. The summed E-state index contributed by atoms with van der Waals surface area (Å²) in [6, 6.07) is 7.32. The Morgan fingerprint density at radius 2 is 2.12 bits per heavy atom. The fraction of sp³-hybridized carbons (Fsp3) is 0.389. The van der Waals surface area contributed by atoms with Gasteiger partial charge in [-0.05, 0) is 17.7 Å². The third-order valence-corrected chi connectivity index (χ3v) is 6.22. The first-order chi connectivity index (χ1) is 15.5. The molecule has 12 nitrogen and oxygen atoms in total. The summed E-state index contributed by atoms with van der Waals surface area (Å²) in [5.74, 6) is 0.324. The molecule has 2 atom stereocenters. The van der Waals surface area contributed by atoms with Crippen LogP contribution in [0, 0.1) is 0 Å².